The highest BCUT2D eigenvalue weighted by atomic mass is 16.2. The van der Waals surface area contributed by atoms with Gasteiger partial charge in [-0.15, -0.1) is 0 Å². The van der Waals surface area contributed by atoms with Gasteiger partial charge in [0.05, 0.1) is 6.04 Å². The van der Waals surface area contributed by atoms with Crippen LogP contribution in [0.15, 0.2) is 24.3 Å². The summed E-state index contributed by atoms with van der Waals surface area (Å²) in [4.78, 5) is 26.3. The number of hydrazine groups is 1. The third kappa shape index (κ3) is 1.78. The molecule has 0 aromatic heterocycles. The number of nitrogens with zero attached hydrogens (tertiary/aromatic N) is 2. The van der Waals surface area contributed by atoms with Gasteiger partial charge in [0.25, 0.3) is 11.8 Å². The largest absolute Gasteiger partial charge is 0.273 e. The Morgan fingerprint density at radius 2 is 1.76 bits per heavy atom. The minimum atomic E-state index is -0.732. The van der Waals surface area contributed by atoms with Gasteiger partial charge < -0.3 is 0 Å². The Balaban J connectivity index is 1.50. The molecule has 1 aromatic carbocycles. The van der Waals surface area contributed by atoms with Crippen molar-refractivity contribution in [2.75, 3.05) is 0 Å². The number of aryl methyl sites for hydroxylation is 1. The van der Waals surface area contributed by atoms with Gasteiger partial charge >= 0.3 is 0 Å². The van der Waals surface area contributed by atoms with E-state index in [0.29, 0.717) is 11.8 Å². The van der Waals surface area contributed by atoms with E-state index >= 15 is 0 Å². The minimum absolute atomic E-state index is 0.0120. The second-order valence-corrected chi connectivity index (χ2v) is 8.88. The zero-order valence-electron chi connectivity index (χ0n) is 15.2. The highest BCUT2D eigenvalue weighted by Crippen LogP contribution is 2.65. The predicted molar refractivity (Wildman–Crippen MR) is 94.5 cm³/mol. The van der Waals surface area contributed by atoms with Gasteiger partial charge in [0, 0.05) is 5.56 Å². The Hall–Kier alpha value is -1.84. The van der Waals surface area contributed by atoms with Crippen LogP contribution in [0.25, 0.3) is 0 Å². The Kier molecular flexibility index (Phi) is 3.00. The van der Waals surface area contributed by atoms with Crippen molar-refractivity contribution in [3.05, 3.63) is 35.4 Å². The molecule has 1 heterocycles. The van der Waals surface area contributed by atoms with E-state index in [-0.39, 0.29) is 17.9 Å². The van der Waals surface area contributed by atoms with E-state index in [0.717, 1.165) is 29.4 Å². The first-order chi connectivity index (χ1) is 11.9. The van der Waals surface area contributed by atoms with Crippen molar-refractivity contribution >= 4 is 11.8 Å². The molecule has 132 valence electrons. The van der Waals surface area contributed by atoms with Gasteiger partial charge in [-0.05, 0) is 74.8 Å². The minimum Gasteiger partial charge on any atom is -0.270 e. The van der Waals surface area contributed by atoms with Gasteiger partial charge in [0.1, 0.15) is 5.54 Å². The average Bonchev–Trinajstić information content (AvgIpc) is 3.35. The van der Waals surface area contributed by atoms with Crippen LogP contribution in [-0.2, 0) is 11.2 Å². The SMILES string of the molecule is CCc1ccccc1C(=O)N1N(C2C3CC4CC3CC42)C(=O)C1(C)C. The summed E-state index contributed by atoms with van der Waals surface area (Å²) in [6.45, 7) is 5.84. The second kappa shape index (κ2) is 4.87. The van der Waals surface area contributed by atoms with Gasteiger partial charge in [0.2, 0.25) is 0 Å². The van der Waals surface area contributed by atoms with Crippen LogP contribution in [0.5, 0.6) is 0 Å². The Morgan fingerprint density at radius 3 is 2.36 bits per heavy atom. The van der Waals surface area contributed by atoms with Crippen LogP contribution in [0.4, 0.5) is 0 Å². The van der Waals surface area contributed by atoms with Crippen molar-refractivity contribution in [2.24, 2.45) is 23.7 Å². The van der Waals surface area contributed by atoms with Crippen molar-refractivity contribution in [3.63, 3.8) is 0 Å². The molecule has 0 spiro atoms. The molecule has 6 rings (SSSR count). The number of hydrogen-bond donors (Lipinski definition) is 0. The summed E-state index contributed by atoms with van der Waals surface area (Å²) in [5.74, 6) is 2.92. The summed E-state index contributed by atoms with van der Waals surface area (Å²) in [7, 11) is 0. The lowest BCUT2D eigenvalue weighted by Gasteiger charge is -2.58. The normalized spacial score (nSPS) is 37.1. The topological polar surface area (TPSA) is 40.6 Å². The molecule has 4 heteroatoms. The predicted octanol–water partition coefficient (Wildman–Crippen LogP) is 3.27. The summed E-state index contributed by atoms with van der Waals surface area (Å²) in [6, 6.07) is 8.08. The molecule has 2 amide bonds. The second-order valence-electron chi connectivity index (χ2n) is 8.88. The zero-order chi connectivity index (χ0) is 17.5. The molecule has 4 atom stereocenters. The van der Waals surface area contributed by atoms with Crippen LogP contribution in [-0.4, -0.2) is 33.4 Å². The molecule has 0 radical (unpaired) electrons. The molecule has 1 aromatic rings. The van der Waals surface area contributed by atoms with Gasteiger partial charge in [-0.1, -0.05) is 25.1 Å². The lowest BCUT2D eigenvalue weighted by Crippen LogP contribution is -2.79. The van der Waals surface area contributed by atoms with Crippen molar-refractivity contribution in [3.8, 4) is 0 Å². The molecule has 5 fully saturated rings. The third-order valence-electron chi connectivity index (χ3n) is 7.42. The zero-order valence-corrected chi connectivity index (χ0v) is 15.2. The first-order valence-corrected chi connectivity index (χ1v) is 9.71. The van der Waals surface area contributed by atoms with E-state index < -0.39 is 5.54 Å². The summed E-state index contributed by atoms with van der Waals surface area (Å²) in [6.07, 6.45) is 4.70. The van der Waals surface area contributed by atoms with Crippen LogP contribution in [0.1, 0.15) is 56.0 Å². The monoisotopic (exact) mass is 338 g/mol. The molecule has 4 saturated carbocycles. The van der Waals surface area contributed by atoms with Crippen LogP contribution in [0.2, 0.25) is 0 Å². The van der Waals surface area contributed by atoms with Crippen molar-refractivity contribution in [1.29, 1.82) is 0 Å². The fourth-order valence-electron chi connectivity index (χ4n) is 6.34. The fourth-order valence-corrected chi connectivity index (χ4v) is 6.34. The smallest absolute Gasteiger partial charge is 0.270 e. The highest BCUT2D eigenvalue weighted by Gasteiger charge is 2.68. The van der Waals surface area contributed by atoms with Crippen molar-refractivity contribution in [2.45, 2.75) is 58.0 Å². The van der Waals surface area contributed by atoms with Crippen LogP contribution in [0.3, 0.4) is 0 Å². The molecule has 25 heavy (non-hydrogen) atoms. The number of rotatable bonds is 3. The van der Waals surface area contributed by atoms with Gasteiger partial charge in [-0.2, -0.15) is 0 Å². The Bertz CT molecular complexity index is 755. The molecule has 5 aliphatic rings. The summed E-state index contributed by atoms with van der Waals surface area (Å²) < 4.78 is 0. The number of amides is 2. The molecule has 4 unspecified atom stereocenters. The third-order valence-corrected chi connectivity index (χ3v) is 7.42. The van der Waals surface area contributed by atoms with Crippen molar-refractivity contribution < 1.29 is 9.59 Å². The molecule has 1 aliphatic heterocycles. The lowest BCUT2D eigenvalue weighted by atomic mass is 9.88. The quantitative estimate of drug-likeness (QED) is 0.849. The summed E-state index contributed by atoms with van der Waals surface area (Å²) >= 11 is 0. The van der Waals surface area contributed by atoms with E-state index in [1.165, 1.54) is 19.3 Å². The molecule has 4 bridgehead atoms. The van der Waals surface area contributed by atoms with E-state index in [1.807, 2.05) is 43.1 Å². The number of benzene rings is 1. The van der Waals surface area contributed by atoms with Crippen molar-refractivity contribution in [1.82, 2.24) is 10.0 Å². The maximum absolute atomic E-state index is 13.4. The van der Waals surface area contributed by atoms with E-state index in [4.69, 9.17) is 0 Å². The standard InChI is InChI=1S/C21H26N2O2/c1-4-12-7-5-6-8-15(12)19(24)23-21(2,3)20(25)22(23)18-16-10-13-9-14(16)11-17(13)18/h5-8,13-14,16-18H,4,9-11H2,1-3H3. The summed E-state index contributed by atoms with van der Waals surface area (Å²) in [5.41, 5.74) is 1.07. The van der Waals surface area contributed by atoms with E-state index in [2.05, 4.69) is 6.92 Å². The van der Waals surface area contributed by atoms with Crippen LogP contribution in [0, 0.1) is 23.7 Å². The van der Waals surface area contributed by atoms with E-state index in [1.54, 1.807) is 5.01 Å². The molecule has 1 saturated heterocycles. The van der Waals surface area contributed by atoms with Gasteiger partial charge in [-0.3, -0.25) is 9.59 Å². The van der Waals surface area contributed by atoms with Gasteiger partial charge in [-0.25, -0.2) is 10.0 Å². The maximum Gasteiger partial charge on any atom is 0.273 e. The van der Waals surface area contributed by atoms with Gasteiger partial charge in [0.15, 0.2) is 0 Å². The van der Waals surface area contributed by atoms with Crippen LogP contribution >= 0.6 is 0 Å². The maximum atomic E-state index is 13.4. The Morgan fingerprint density at radius 1 is 1.12 bits per heavy atom. The Labute approximate surface area is 149 Å². The summed E-state index contributed by atoms with van der Waals surface area (Å²) in [5, 5.41) is 3.65. The average molecular weight is 338 g/mol. The number of carbonyl (C=O) groups is 2. The molecule has 0 N–H and O–H groups in total. The number of hydrogen-bond acceptors (Lipinski definition) is 2. The fraction of sp³-hybridized carbons (Fsp3) is 0.619. The molecular formula is C21H26N2O2. The lowest BCUT2D eigenvalue weighted by molar-refractivity contribution is -0.213. The number of carbonyl (C=O) groups excluding carboxylic acids is 2. The first kappa shape index (κ1) is 15.4. The molecular weight excluding hydrogens is 312 g/mol. The van der Waals surface area contributed by atoms with Crippen LogP contribution < -0.4 is 0 Å². The first-order valence-electron chi connectivity index (χ1n) is 9.71. The molecule has 4 aliphatic carbocycles. The molecule has 4 nitrogen and oxygen atoms in total. The van der Waals surface area contributed by atoms with E-state index in [9.17, 15) is 9.59 Å². The highest BCUT2D eigenvalue weighted by molar-refractivity contribution is 6.05.